The predicted molar refractivity (Wildman–Crippen MR) is 50.7 cm³/mol. The highest BCUT2D eigenvalue weighted by molar-refractivity contribution is 7.91. The van der Waals surface area contributed by atoms with Gasteiger partial charge in [0.15, 0.2) is 5.51 Å². The van der Waals surface area contributed by atoms with Gasteiger partial charge in [0.25, 0.3) is 14.4 Å². The normalized spacial score (nSPS) is 11.1. The van der Waals surface area contributed by atoms with Crippen LogP contribution < -0.4 is 0 Å². The van der Waals surface area contributed by atoms with Crippen molar-refractivity contribution in [2.45, 2.75) is 11.3 Å². The van der Waals surface area contributed by atoms with Gasteiger partial charge in [-0.1, -0.05) is 11.3 Å². The number of nitrogens with zero attached hydrogens (tertiary/aromatic N) is 3. The molecule has 1 rings (SSSR count). The maximum Gasteiger partial charge on any atom is 0.423 e. The summed E-state index contributed by atoms with van der Waals surface area (Å²) in [4.78, 5) is 11.2. The maximum atomic E-state index is 11.6. The van der Waals surface area contributed by atoms with Crippen LogP contribution in [0.5, 0.6) is 0 Å². The summed E-state index contributed by atoms with van der Waals surface area (Å²) in [6, 6.07) is 0. The number of aromatic nitrogens is 2. The maximum absolute atomic E-state index is 11.6. The first kappa shape index (κ1) is 11.9. The molecule has 0 fully saturated rings. The average Bonchev–Trinajstić information content (AvgIpc) is 2.70. The molecule has 83 valence electrons. The van der Waals surface area contributed by atoms with E-state index >= 15 is 0 Å². The fraction of sp³-hybridized carbons (Fsp3) is 0.500. The van der Waals surface area contributed by atoms with E-state index in [1.165, 1.54) is 0 Å². The molecular formula is C6H8N3O4S2. The van der Waals surface area contributed by atoms with E-state index in [4.69, 9.17) is 0 Å². The molecule has 0 unspecified atom stereocenters. The van der Waals surface area contributed by atoms with Gasteiger partial charge in [-0.3, -0.25) is 0 Å². The van der Waals surface area contributed by atoms with Gasteiger partial charge in [0.05, 0.1) is 6.61 Å². The molecule has 1 aromatic rings. The summed E-state index contributed by atoms with van der Waals surface area (Å²) in [5.41, 5.74) is 2.28. The number of hydrogen-bond acceptors (Lipinski definition) is 7. The van der Waals surface area contributed by atoms with Crippen molar-refractivity contribution in [3.63, 3.8) is 0 Å². The van der Waals surface area contributed by atoms with Crippen LogP contribution in [0.1, 0.15) is 6.92 Å². The number of rotatable bonds is 3. The van der Waals surface area contributed by atoms with Crippen molar-refractivity contribution in [3.05, 3.63) is 5.51 Å². The van der Waals surface area contributed by atoms with Crippen molar-refractivity contribution in [3.8, 4) is 0 Å². The average molecular weight is 250 g/mol. The van der Waals surface area contributed by atoms with Crippen LogP contribution in [-0.2, 0) is 14.8 Å². The molecule has 0 aliphatic carbocycles. The molecule has 0 saturated carbocycles. The molecule has 0 bridgehead atoms. The highest BCUT2D eigenvalue weighted by Crippen LogP contribution is 2.15. The van der Waals surface area contributed by atoms with Crippen LogP contribution in [0.4, 0.5) is 4.79 Å². The van der Waals surface area contributed by atoms with Crippen molar-refractivity contribution in [2.24, 2.45) is 0 Å². The number of amides is 1. The monoisotopic (exact) mass is 250 g/mol. The van der Waals surface area contributed by atoms with Crippen LogP contribution in [0.25, 0.3) is 0 Å². The summed E-state index contributed by atoms with van der Waals surface area (Å²) in [7, 11) is -2.85. The van der Waals surface area contributed by atoms with E-state index in [1.54, 1.807) is 6.92 Å². The molecule has 0 N–H and O–H groups in total. The first-order valence-electron chi connectivity index (χ1n) is 3.85. The van der Waals surface area contributed by atoms with E-state index in [-0.39, 0.29) is 10.9 Å². The summed E-state index contributed by atoms with van der Waals surface area (Å²) in [5.74, 6) is 0. The Bertz CT molecular complexity index is 427. The Hall–Kier alpha value is -1.22. The third-order valence-electron chi connectivity index (χ3n) is 1.41. The highest BCUT2D eigenvalue weighted by Gasteiger charge is 2.29. The fourth-order valence-corrected chi connectivity index (χ4v) is 2.41. The molecule has 0 atom stereocenters. The van der Waals surface area contributed by atoms with E-state index in [2.05, 4.69) is 20.4 Å². The lowest BCUT2D eigenvalue weighted by Gasteiger charge is -2.14. The quantitative estimate of drug-likeness (QED) is 0.756. The second-order valence-electron chi connectivity index (χ2n) is 2.33. The van der Waals surface area contributed by atoms with Crippen molar-refractivity contribution in [1.29, 1.82) is 0 Å². The van der Waals surface area contributed by atoms with Crippen LogP contribution in [0.15, 0.2) is 4.34 Å². The third kappa shape index (κ3) is 2.42. The first-order valence-corrected chi connectivity index (χ1v) is 6.11. The summed E-state index contributed by atoms with van der Waals surface area (Å²) >= 11 is 0.709. The van der Waals surface area contributed by atoms with Crippen LogP contribution >= 0.6 is 11.3 Å². The van der Waals surface area contributed by atoms with Crippen LogP contribution in [0.3, 0.4) is 0 Å². The lowest BCUT2D eigenvalue weighted by molar-refractivity contribution is 0.136. The van der Waals surface area contributed by atoms with Gasteiger partial charge in [-0.25, -0.2) is 9.10 Å². The molecule has 7 nitrogen and oxygen atoms in total. The standard InChI is InChI=1S/C6H8N3O4S2/c1-3-13-6(10)9(2)15(11,12)5-8-7-4-14-5/h3H2,1-2H3. The summed E-state index contributed by atoms with van der Waals surface area (Å²) < 4.78 is 28.0. The third-order valence-corrected chi connectivity index (χ3v) is 4.12. The SMILES string of the molecule is CCOC(=O)N(C)S(=O)(=O)c1nn[c]s1. The van der Waals surface area contributed by atoms with Gasteiger partial charge >= 0.3 is 6.09 Å². The van der Waals surface area contributed by atoms with E-state index < -0.39 is 16.1 Å². The molecule has 0 aromatic carbocycles. The van der Waals surface area contributed by atoms with Gasteiger partial charge in [0.2, 0.25) is 0 Å². The Labute approximate surface area is 90.7 Å². The molecule has 0 aliphatic rings. The van der Waals surface area contributed by atoms with Gasteiger partial charge < -0.3 is 4.74 Å². The Kier molecular flexibility index (Phi) is 3.58. The summed E-state index contributed by atoms with van der Waals surface area (Å²) in [5, 5.41) is 6.59. The number of sulfonamides is 1. The minimum absolute atomic E-state index is 0.0982. The summed E-state index contributed by atoms with van der Waals surface area (Å²) in [6.07, 6.45) is -0.951. The van der Waals surface area contributed by atoms with Crippen molar-refractivity contribution >= 4 is 27.5 Å². The van der Waals surface area contributed by atoms with Crippen LogP contribution in [-0.4, -0.2) is 42.7 Å². The van der Waals surface area contributed by atoms with E-state index in [1.807, 2.05) is 0 Å². The van der Waals surface area contributed by atoms with E-state index in [0.717, 1.165) is 7.05 Å². The number of carbonyl (C=O) groups excluding carboxylic acids is 1. The first-order chi connectivity index (χ1) is 7.00. The molecule has 0 saturated heterocycles. The van der Waals surface area contributed by atoms with E-state index in [0.29, 0.717) is 15.6 Å². The Balaban J connectivity index is 2.93. The molecule has 0 aliphatic heterocycles. The smallest absolute Gasteiger partial charge is 0.423 e. The number of carbonyl (C=O) groups is 1. The second-order valence-corrected chi connectivity index (χ2v) is 5.25. The van der Waals surface area contributed by atoms with Crippen molar-refractivity contribution in [2.75, 3.05) is 13.7 Å². The van der Waals surface area contributed by atoms with Crippen molar-refractivity contribution in [1.82, 2.24) is 14.5 Å². The molecule has 9 heteroatoms. The molecular weight excluding hydrogens is 242 g/mol. The molecule has 1 heterocycles. The largest absolute Gasteiger partial charge is 0.449 e. The Morgan fingerprint density at radius 3 is 2.80 bits per heavy atom. The topological polar surface area (TPSA) is 89.5 Å². The van der Waals surface area contributed by atoms with Crippen molar-refractivity contribution < 1.29 is 17.9 Å². The Morgan fingerprint density at radius 2 is 2.33 bits per heavy atom. The number of hydrogen-bond donors (Lipinski definition) is 0. The van der Waals surface area contributed by atoms with E-state index in [9.17, 15) is 13.2 Å². The van der Waals surface area contributed by atoms with Gasteiger partial charge in [0.1, 0.15) is 0 Å². The zero-order valence-electron chi connectivity index (χ0n) is 8.00. The molecule has 1 aromatic heterocycles. The molecule has 15 heavy (non-hydrogen) atoms. The fourth-order valence-electron chi connectivity index (χ4n) is 0.675. The minimum atomic E-state index is -3.94. The van der Waals surface area contributed by atoms with Gasteiger partial charge in [-0.15, -0.1) is 10.2 Å². The zero-order chi connectivity index (χ0) is 11.5. The lowest BCUT2D eigenvalue weighted by Crippen LogP contribution is -2.33. The predicted octanol–water partition coefficient (Wildman–Crippen LogP) is 0.115. The second kappa shape index (κ2) is 4.53. The molecule has 1 amide bonds. The lowest BCUT2D eigenvalue weighted by atomic mass is 10.9. The Morgan fingerprint density at radius 1 is 1.67 bits per heavy atom. The van der Waals surface area contributed by atoms with Crippen LogP contribution in [0.2, 0.25) is 0 Å². The minimum Gasteiger partial charge on any atom is -0.449 e. The van der Waals surface area contributed by atoms with Crippen LogP contribution in [0, 0.1) is 5.51 Å². The summed E-state index contributed by atoms with van der Waals surface area (Å²) in [6.45, 7) is 1.68. The molecule has 0 spiro atoms. The van der Waals surface area contributed by atoms with Gasteiger partial charge in [0, 0.05) is 7.05 Å². The van der Waals surface area contributed by atoms with Gasteiger partial charge in [-0.2, -0.15) is 8.42 Å². The molecule has 1 radical (unpaired) electrons. The number of ether oxygens (including phenoxy) is 1. The zero-order valence-corrected chi connectivity index (χ0v) is 9.63. The van der Waals surface area contributed by atoms with Gasteiger partial charge in [-0.05, 0) is 6.92 Å². The highest BCUT2D eigenvalue weighted by atomic mass is 32.2.